The van der Waals surface area contributed by atoms with Gasteiger partial charge in [0.25, 0.3) is 0 Å². The Kier molecular flexibility index (Phi) is 7.50. The molecule has 6 rings (SSSR count). The second-order valence-electron chi connectivity index (χ2n) is 18.0. The zero-order valence-corrected chi connectivity index (χ0v) is 29.0. The van der Waals surface area contributed by atoms with E-state index in [4.69, 9.17) is 9.47 Å². The standard InChI is InChI=1S/C40H58O4/c1-35(2)22-23-37(5)18-14-30-39(7)19-15-29-36(3,4)33(44-34(42)13-11-26-10-12-27(41)28(24-26)43-9)17-21-38(29,6)31(39)16-20-40(30,8)32(37)25-35/h10-14,24,29,31-33,41H,15-23,25H2,1-9H3/b13-11+/t29-,31+,32+,33-,37-,38-,39-,40+/m0/s1. The number of methoxy groups -OCH3 is 1. The van der Waals surface area contributed by atoms with Crippen molar-refractivity contribution in [3.63, 3.8) is 0 Å². The quantitative estimate of drug-likeness (QED) is 0.212. The molecule has 44 heavy (non-hydrogen) atoms. The van der Waals surface area contributed by atoms with Gasteiger partial charge in [0.05, 0.1) is 7.11 Å². The van der Waals surface area contributed by atoms with Gasteiger partial charge in [0.2, 0.25) is 0 Å². The number of phenols is 1. The normalized spacial score (nSPS) is 42.2. The van der Waals surface area contributed by atoms with Gasteiger partial charge in [-0.2, -0.15) is 0 Å². The summed E-state index contributed by atoms with van der Waals surface area (Å²) in [5, 5.41) is 9.89. The summed E-state index contributed by atoms with van der Waals surface area (Å²) in [6, 6.07) is 5.07. The fraction of sp³-hybridized carbons (Fsp3) is 0.725. The minimum Gasteiger partial charge on any atom is -0.504 e. The van der Waals surface area contributed by atoms with Crippen molar-refractivity contribution in [2.45, 2.75) is 126 Å². The molecule has 5 aliphatic carbocycles. The fourth-order valence-electron chi connectivity index (χ4n) is 12.2. The van der Waals surface area contributed by atoms with Crippen molar-refractivity contribution in [3.8, 4) is 11.5 Å². The summed E-state index contributed by atoms with van der Waals surface area (Å²) >= 11 is 0. The molecule has 1 N–H and O–H groups in total. The molecule has 0 aromatic heterocycles. The third kappa shape index (κ3) is 4.79. The van der Waals surface area contributed by atoms with Crippen molar-refractivity contribution in [3.05, 3.63) is 41.5 Å². The van der Waals surface area contributed by atoms with Crippen molar-refractivity contribution < 1.29 is 19.4 Å². The minimum absolute atomic E-state index is 0.0848. The first-order valence-electron chi connectivity index (χ1n) is 17.5. The second-order valence-corrected chi connectivity index (χ2v) is 18.0. The van der Waals surface area contributed by atoms with E-state index in [-0.39, 0.29) is 34.1 Å². The van der Waals surface area contributed by atoms with Crippen LogP contribution in [0.4, 0.5) is 0 Å². The van der Waals surface area contributed by atoms with E-state index in [1.165, 1.54) is 64.6 Å². The molecule has 242 valence electrons. The summed E-state index contributed by atoms with van der Waals surface area (Å²) in [5.74, 6) is 2.16. The van der Waals surface area contributed by atoms with Crippen LogP contribution in [0, 0.1) is 50.2 Å². The third-order valence-corrected chi connectivity index (χ3v) is 14.6. The van der Waals surface area contributed by atoms with Crippen molar-refractivity contribution in [2.75, 3.05) is 7.11 Å². The molecule has 0 radical (unpaired) electrons. The van der Waals surface area contributed by atoms with Crippen molar-refractivity contribution in [2.24, 2.45) is 50.2 Å². The topological polar surface area (TPSA) is 55.8 Å². The van der Waals surface area contributed by atoms with Crippen LogP contribution < -0.4 is 4.74 Å². The molecule has 4 fully saturated rings. The first-order valence-corrected chi connectivity index (χ1v) is 17.5. The zero-order chi connectivity index (χ0) is 31.9. The molecule has 0 heterocycles. The number of rotatable bonds is 4. The van der Waals surface area contributed by atoms with Gasteiger partial charge in [0, 0.05) is 11.5 Å². The number of carbonyl (C=O) groups is 1. The highest BCUT2D eigenvalue weighted by atomic mass is 16.5. The van der Waals surface area contributed by atoms with E-state index in [9.17, 15) is 9.90 Å². The van der Waals surface area contributed by atoms with Gasteiger partial charge in [-0.1, -0.05) is 73.1 Å². The SMILES string of the molecule is COc1cc(/C=C/C(=O)O[C@H]2CC[C@]3(C)[C@H]4CC[C@]5(C)C(=CC[C@@]6(C)CCC(C)(C)C[C@H]65)[C@]4(C)CC[C@H]3C2(C)C)ccc1O. The van der Waals surface area contributed by atoms with Gasteiger partial charge in [-0.25, -0.2) is 4.79 Å². The highest BCUT2D eigenvalue weighted by Crippen LogP contribution is 2.75. The van der Waals surface area contributed by atoms with Gasteiger partial charge in [-0.15, -0.1) is 0 Å². The lowest BCUT2D eigenvalue weighted by molar-refractivity contribution is -0.197. The third-order valence-electron chi connectivity index (χ3n) is 14.6. The van der Waals surface area contributed by atoms with E-state index in [2.05, 4.69) is 61.5 Å². The fourth-order valence-corrected chi connectivity index (χ4v) is 12.2. The largest absolute Gasteiger partial charge is 0.504 e. The second kappa shape index (κ2) is 10.4. The van der Waals surface area contributed by atoms with Crippen molar-refractivity contribution in [1.82, 2.24) is 0 Å². The lowest BCUT2D eigenvalue weighted by Gasteiger charge is -2.70. The van der Waals surface area contributed by atoms with Gasteiger partial charge in [0.15, 0.2) is 11.5 Å². The van der Waals surface area contributed by atoms with Crippen LogP contribution >= 0.6 is 0 Å². The Balaban J connectivity index is 1.21. The first-order chi connectivity index (χ1) is 20.5. The summed E-state index contributed by atoms with van der Waals surface area (Å²) in [6.45, 7) is 20.3. The molecule has 4 saturated carbocycles. The molecule has 8 atom stereocenters. The van der Waals surface area contributed by atoms with Crippen LogP contribution in [0.1, 0.15) is 125 Å². The highest BCUT2D eigenvalue weighted by molar-refractivity contribution is 5.87. The van der Waals surface area contributed by atoms with E-state index < -0.39 is 0 Å². The lowest BCUT2D eigenvalue weighted by atomic mass is 9.34. The maximum Gasteiger partial charge on any atom is 0.331 e. The summed E-state index contributed by atoms with van der Waals surface area (Å²) in [4.78, 5) is 13.1. The van der Waals surface area contributed by atoms with E-state index in [0.29, 0.717) is 33.8 Å². The number of benzene rings is 1. The number of aromatic hydroxyl groups is 1. The lowest BCUT2D eigenvalue weighted by Crippen LogP contribution is -2.63. The smallest absolute Gasteiger partial charge is 0.331 e. The van der Waals surface area contributed by atoms with Crippen molar-refractivity contribution >= 4 is 12.0 Å². The summed E-state index contributed by atoms with van der Waals surface area (Å²) in [7, 11) is 1.52. The van der Waals surface area contributed by atoms with E-state index in [0.717, 1.165) is 24.3 Å². The first kappa shape index (κ1) is 31.7. The van der Waals surface area contributed by atoms with Crippen LogP contribution in [0.3, 0.4) is 0 Å². The van der Waals surface area contributed by atoms with Crippen molar-refractivity contribution in [1.29, 1.82) is 0 Å². The maximum absolute atomic E-state index is 13.1. The van der Waals surface area contributed by atoms with Crippen LogP contribution in [0.15, 0.2) is 35.9 Å². The number of phenolic OH excluding ortho intramolecular Hbond substituents is 1. The molecule has 0 unspecified atom stereocenters. The average Bonchev–Trinajstić information content (AvgIpc) is 2.94. The Labute approximate surface area is 267 Å². The number of hydrogen-bond donors (Lipinski definition) is 1. The molecular weight excluding hydrogens is 544 g/mol. The Morgan fingerprint density at radius 1 is 0.864 bits per heavy atom. The number of allylic oxidation sites excluding steroid dienone is 2. The molecule has 4 heteroatoms. The molecule has 5 aliphatic rings. The summed E-state index contributed by atoms with van der Waals surface area (Å²) < 4.78 is 11.5. The van der Waals surface area contributed by atoms with Gasteiger partial charge in [0.1, 0.15) is 6.10 Å². The maximum atomic E-state index is 13.1. The molecule has 1 aromatic rings. The highest BCUT2D eigenvalue weighted by Gasteiger charge is 2.67. The summed E-state index contributed by atoms with van der Waals surface area (Å²) in [6.07, 6.45) is 18.4. The average molecular weight is 603 g/mol. The number of ether oxygens (including phenoxy) is 2. The van der Waals surface area contributed by atoms with E-state index >= 15 is 0 Å². The number of fused-ring (bicyclic) bond motifs is 7. The number of carbonyl (C=O) groups excluding carboxylic acids is 1. The molecular formula is C40H58O4. The van der Waals surface area contributed by atoms with Crippen LogP contribution in [0.25, 0.3) is 6.08 Å². The molecule has 1 aromatic carbocycles. The minimum atomic E-state index is -0.293. The van der Waals surface area contributed by atoms with E-state index in [1.54, 1.807) is 24.3 Å². The zero-order valence-electron chi connectivity index (χ0n) is 29.0. The predicted octanol–water partition coefficient (Wildman–Crippen LogP) is 10.1. The number of esters is 1. The van der Waals surface area contributed by atoms with Crippen LogP contribution in [-0.2, 0) is 9.53 Å². The molecule has 0 aliphatic heterocycles. The Bertz CT molecular complexity index is 1370. The Morgan fingerprint density at radius 3 is 2.25 bits per heavy atom. The molecule has 4 nitrogen and oxygen atoms in total. The predicted molar refractivity (Wildman–Crippen MR) is 178 cm³/mol. The van der Waals surface area contributed by atoms with Crippen LogP contribution in [0.2, 0.25) is 0 Å². The monoisotopic (exact) mass is 602 g/mol. The van der Waals surface area contributed by atoms with Gasteiger partial charge in [-0.3, -0.25) is 0 Å². The van der Waals surface area contributed by atoms with Crippen LogP contribution in [0.5, 0.6) is 11.5 Å². The Morgan fingerprint density at radius 2 is 1.55 bits per heavy atom. The molecule has 0 spiro atoms. The molecule has 0 bridgehead atoms. The van der Waals surface area contributed by atoms with Crippen LogP contribution in [-0.4, -0.2) is 24.3 Å². The summed E-state index contributed by atoms with van der Waals surface area (Å²) in [5.41, 5.74) is 4.23. The molecule has 0 amide bonds. The van der Waals surface area contributed by atoms with E-state index in [1.807, 2.05) is 5.57 Å². The van der Waals surface area contributed by atoms with Gasteiger partial charge < -0.3 is 14.6 Å². The van der Waals surface area contributed by atoms with Gasteiger partial charge in [-0.05, 0) is 133 Å². The molecule has 0 saturated heterocycles. The Hall–Kier alpha value is -2.23. The number of hydrogen-bond acceptors (Lipinski definition) is 4. The van der Waals surface area contributed by atoms with Gasteiger partial charge >= 0.3 is 5.97 Å².